The zero-order valence-electron chi connectivity index (χ0n) is 9.49. The third-order valence-electron chi connectivity index (χ3n) is 2.52. The van der Waals surface area contributed by atoms with Gasteiger partial charge in [0.1, 0.15) is 24.1 Å². The molecule has 0 atom stereocenters. The minimum absolute atomic E-state index is 0.0726. The van der Waals surface area contributed by atoms with Crippen LogP contribution >= 0.6 is 0 Å². The SMILES string of the molecule is CCn1c(CO)nnc1-c1c(F)cc(F)cc1F. The maximum Gasteiger partial charge on any atom is 0.169 e. The Bertz CT molecular complexity index is 560. The summed E-state index contributed by atoms with van der Waals surface area (Å²) in [7, 11) is 0. The molecule has 2 rings (SSSR count). The minimum Gasteiger partial charge on any atom is -0.388 e. The largest absolute Gasteiger partial charge is 0.388 e. The summed E-state index contributed by atoms with van der Waals surface area (Å²) >= 11 is 0. The second kappa shape index (κ2) is 4.77. The first kappa shape index (κ1) is 12.6. The zero-order valence-corrected chi connectivity index (χ0v) is 9.49. The van der Waals surface area contributed by atoms with Crippen molar-refractivity contribution < 1.29 is 18.3 Å². The van der Waals surface area contributed by atoms with Crippen molar-refractivity contribution in [1.29, 1.82) is 0 Å². The van der Waals surface area contributed by atoms with Crippen molar-refractivity contribution >= 4 is 0 Å². The van der Waals surface area contributed by atoms with E-state index in [2.05, 4.69) is 10.2 Å². The standard InChI is InChI=1S/C11H10F3N3O/c1-2-17-9(5-18)15-16-11(17)10-7(13)3-6(12)4-8(10)14/h3-4,18H,2,5H2,1H3. The van der Waals surface area contributed by atoms with Gasteiger partial charge in [0, 0.05) is 18.7 Å². The monoisotopic (exact) mass is 257 g/mol. The van der Waals surface area contributed by atoms with Crippen molar-refractivity contribution in [2.45, 2.75) is 20.1 Å². The van der Waals surface area contributed by atoms with Crippen molar-refractivity contribution in [3.63, 3.8) is 0 Å². The van der Waals surface area contributed by atoms with Crippen LogP contribution in [0, 0.1) is 17.5 Å². The van der Waals surface area contributed by atoms with Crippen LogP contribution in [0.5, 0.6) is 0 Å². The number of aliphatic hydroxyl groups is 1. The Labute approximate surface area is 101 Å². The van der Waals surface area contributed by atoms with E-state index in [0.717, 1.165) is 0 Å². The van der Waals surface area contributed by atoms with Gasteiger partial charge in [0.05, 0.1) is 5.56 Å². The maximum atomic E-state index is 13.6. The summed E-state index contributed by atoms with van der Waals surface area (Å²) in [4.78, 5) is 0. The van der Waals surface area contributed by atoms with Crippen molar-refractivity contribution in [2.24, 2.45) is 0 Å². The molecule has 0 aliphatic heterocycles. The van der Waals surface area contributed by atoms with E-state index in [4.69, 9.17) is 5.11 Å². The first-order chi connectivity index (χ1) is 8.58. The van der Waals surface area contributed by atoms with Gasteiger partial charge in [-0.25, -0.2) is 13.2 Å². The molecule has 0 fully saturated rings. The predicted octanol–water partition coefficient (Wildman–Crippen LogP) is 1.87. The lowest BCUT2D eigenvalue weighted by molar-refractivity contribution is 0.265. The first-order valence-corrected chi connectivity index (χ1v) is 5.26. The Kier molecular flexibility index (Phi) is 3.33. The quantitative estimate of drug-likeness (QED) is 0.913. The van der Waals surface area contributed by atoms with Crippen molar-refractivity contribution in [1.82, 2.24) is 14.8 Å². The van der Waals surface area contributed by atoms with Crippen LogP contribution in [0.2, 0.25) is 0 Å². The summed E-state index contributed by atoms with van der Waals surface area (Å²) in [5, 5.41) is 16.3. The van der Waals surface area contributed by atoms with Gasteiger partial charge >= 0.3 is 0 Å². The second-order valence-electron chi connectivity index (χ2n) is 3.59. The van der Waals surface area contributed by atoms with Gasteiger partial charge in [0.2, 0.25) is 0 Å². The fourth-order valence-electron chi connectivity index (χ4n) is 1.73. The van der Waals surface area contributed by atoms with Crippen LogP contribution in [-0.2, 0) is 13.2 Å². The third kappa shape index (κ3) is 1.97. The summed E-state index contributed by atoms with van der Waals surface area (Å²) < 4.78 is 41.4. The first-order valence-electron chi connectivity index (χ1n) is 5.26. The van der Waals surface area contributed by atoms with Crippen LogP contribution in [-0.4, -0.2) is 19.9 Å². The Morgan fingerprint density at radius 3 is 2.28 bits per heavy atom. The fraction of sp³-hybridized carbons (Fsp3) is 0.273. The highest BCUT2D eigenvalue weighted by molar-refractivity contribution is 5.57. The van der Waals surface area contributed by atoms with Crippen LogP contribution in [0.1, 0.15) is 12.7 Å². The lowest BCUT2D eigenvalue weighted by Gasteiger charge is -2.08. The smallest absolute Gasteiger partial charge is 0.169 e. The van der Waals surface area contributed by atoms with E-state index in [1.54, 1.807) is 6.92 Å². The van der Waals surface area contributed by atoms with Gasteiger partial charge in [-0.1, -0.05) is 0 Å². The highest BCUT2D eigenvalue weighted by Gasteiger charge is 2.20. The molecule has 96 valence electrons. The molecular weight excluding hydrogens is 247 g/mol. The van der Waals surface area contributed by atoms with Gasteiger partial charge in [-0.15, -0.1) is 10.2 Å². The molecule has 1 aromatic heterocycles. The number of aromatic nitrogens is 3. The van der Waals surface area contributed by atoms with Crippen molar-refractivity contribution in [3.8, 4) is 11.4 Å². The molecule has 18 heavy (non-hydrogen) atoms. The highest BCUT2D eigenvalue weighted by atomic mass is 19.1. The Morgan fingerprint density at radius 2 is 1.78 bits per heavy atom. The molecule has 0 aliphatic rings. The number of halogens is 3. The molecule has 0 amide bonds. The van der Waals surface area contributed by atoms with Crippen LogP contribution in [0.4, 0.5) is 13.2 Å². The molecule has 1 N–H and O–H groups in total. The van der Waals surface area contributed by atoms with Crippen molar-refractivity contribution in [3.05, 3.63) is 35.4 Å². The number of rotatable bonds is 3. The topological polar surface area (TPSA) is 50.9 Å². The second-order valence-corrected chi connectivity index (χ2v) is 3.59. The van der Waals surface area contributed by atoms with Gasteiger partial charge in [0.15, 0.2) is 11.6 Å². The number of benzene rings is 1. The lowest BCUT2D eigenvalue weighted by atomic mass is 10.1. The minimum atomic E-state index is -1.06. The molecule has 0 unspecified atom stereocenters. The average molecular weight is 257 g/mol. The van der Waals surface area contributed by atoms with E-state index in [-0.39, 0.29) is 11.6 Å². The summed E-state index contributed by atoms with van der Waals surface area (Å²) in [6.07, 6.45) is 0. The summed E-state index contributed by atoms with van der Waals surface area (Å²) in [5.41, 5.74) is -0.453. The molecule has 0 spiro atoms. The van der Waals surface area contributed by atoms with Gasteiger partial charge in [-0.2, -0.15) is 0 Å². The van der Waals surface area contributed by atoms with Crippen LogP contribution in [0.25, 0.3) is 11.4 Å². The Hall–Kier alpha value is -1.89. The van der Waals surface area contributed by atoms with E-state index in [1.165, 1.54) is 4.57 Å². The van der Waals surface area contributed by atoms with E-state index < -0.39 is 29.6 Å². The summed E-state index contributed by atoms with van der Waals surface area (Å²) in [6, 6.07) is 1.15. The predicted molar refractivity (Wildman–Crippen MR) is 56.9 cm³/mol. The molecule has 4 nitrogen and oxygen atoms in total. The van der Waals surface area contributed by atoms with Crippen molar-refractivity contribution in [2.75, 3.05) is 0 Å². The molecule has 7 heteroatoms. The van der Waals surface area contributed by atoms with Gasteiger partial charge in [-0.3, -0.25) is 0 Å². The Balaban J connectivity index is 2.66. The molecule has 0 aliphatic carbocycles. The molecular formula is C11H10F3N3O. The molecule has 0 bridgehead atoms. The maximum absolute atomic E-state index is 13.6. The fourth-order valence-corrected chi connectivity index (χ4v) is 1.73. The van der Waals surface area contributed by atoms with Crippen LogP contribution in [0.3, 0.4) is 0 Å². The molecule has 0 saturated carbocycles. The lowest BCUT2D eigenvalue weighted by Crippen LogP contribution is -2.05. The number of hydrogen-bond donors (Lipinski definition) is 1. The average Bonchev–Trinajstić information content (AvgIpc) is 2.70. The van der Waals surface area contributed by atoms with E-state index in [0.29, 0.717) is 18.7 Å². The highest BCUT2D eigenvalue weighted by Crippen LogP contribution is 2.26. The molecule has 0 radical (unpaired) electrons. The van der Waals surface area contributed by atoms with Crippen LogP contribution < -0.4 is 0 Å². The van der Waals surface area contributed by atoms with Crippen LogP contribution in [0.15, 0.2) is 12.1 Å². The summed E-state index contributed by atoms with van der Waals surface area (Å²) in [6.45, 7) is 1.64. The normalized spacial score (nSPS) is 10.9. The number of aliphatic hydroxyl groups excluding tert-OH is 1. The molecule has 1 heterocycles. The van der Waals surface area contributed by atoms with Gasteiger partial charge < -0.3 is 9.67 Å². The Morgan fingerprint density at radius 1 is 1.17 bits per heavy atom. The van der Waals surface area contributed by atoms with E-state index in [1.807, 2.05) is 0 Å². The zero-order chi connectivity index (χ0) is 13.3. The van der Waals surface area contributed by atoms with Gasteiger partial charge in [0.25, 0.3) is 0 Å². The number of nitrogens with zero attached hydrogens (tertiary/aromatic N) is 3. The van der Waals surface area contributed by atoms with Gasteiger partial charge in [-0.05, 0) is 6.92 Å². The molecule has 1 aromatic carbocycles. The third-order valence-corrected chi connectivity index (χ3v) is 2.52. The summed E-state index contributed by atoms with van der Waals surface area (Å²) in [5.74, 6) is -3.00. The molecule has 2 aromatic rings. The van der Waals surface area contributed by atoms with E-state index in [9.17, 15) is 13.2 Å². The number of hydrogen-bond acceptors (Lipinski definition) is 3. The van der Waals surface area contributed by atoms with E-state index >= 15 is 0 Å². The molecule has 0 saturated heterocycles.